The van der Waals surface area contributed by atoms with Crippen LogP contribution >= 0.6 is 0 Å². The van der Waals surface area contributed by atoms with Crippen molar-refractivity contribution in [2.45, 2.75) is 265 Å². The first-order chi connectivity index (χ1) is 65.5. The van der Waals surface area contributed by atoms with E-state index >= 15 is 0 Å². The molecule has 9 aliphatic rings. The van der Waals surface area contributed by atoms with Crippen molar-refractivity contribution in [3.63, 3.8) is 0 Å². The Labute approximate surface area is 796 Å². The third kappa shape index (κ3) is 17.6. The predicted molar refractivity (Wildman–Crippen MR) is 590 cm³/mol. The molecule has 0 spiro atoms. The lowest BCUT2D eigenvalue weighted by molar-refractivity contribution is 1.04. The van der Waals surface area contributed by atoms with Gasteiger partial charge in [0, 0.05) is 68.6 Å². The molecule has 0 saturated carbocycles. The third-order valence-electron chi connectivity index (χ3n) is 25.2. The fraction of sp³-hybridized carbons (Fsp3) is 0.302. The summed E-state index contributed by atoms with van der Waals surface area (Å²) in [5, 5.41) is 8.32. The maximum atomic E-state index is 2.54. The highest BCUT2D eigenvalue weighted by Gasteiger charge is 2.35. The van der Waals surface area contributed by atoms with Crippen LogP contribution in [0.2, 0.25) is 0 Å². The molecule has 27 rings (SSSR count). The Morgan fingerprint density at radius 3 is 0.803 bits per heavy atom. The summed E-state index contributed by atoms with van der Waals surface area (Å²) in [6.07, 6.45) is 9.29. The highest BCUT2D eigenvalue weighted by Crippen LogP contribution is 2.55. The lowest BCUT2D eigenvalue weighted by Crippen LogP contribution is -2.07. The largest absolute Gasteiger partial charge is 0.309 e. The summed E-state index contributed by atoms with van der Waals surface area (Å²) in [5.41, 5.74) is 55.7. The molecule has 0 atom stereocenters. The molecule has 15 aromatic carbocycles. The Hall–Kier alpha value is -12.3. The van der Waals surface area contributed by atoms with Crippen molar-refractivity contribution in [3.05, 3.63) is 373 Å². The molecule has 0 amide bonds. The van der Waals surface area contributed by atoms with Crippen LogP contribution < -0.4 is 0 Å². The molecular weight excluding hydrogens is 1590 g/mol. The number of nitrogens with zero attached hydrogens (tertiary/aromatic N) is 3. The Morgan fingerprint density at radius 2 is 0.394 bits per heavy atom. The van der Waals surface area contributed by atoms with Crippen molar-refractivity contribution in [2.24, 2.45) is 0 Å². The van der Waals surface area contributed by atoms with E-state index in [9.17, 15) is 0 Å². The zero-order chi connectivity index (χ0) is 95.9. The molecule has 3 aliphatic heterocycles. The van der Waals surface area contributed by atoms with Crippen molar-refractivity contribution in [2.75, 3.05) is 0 Å². The van der Waals surface area contributed by atoms with Crippen molar-refractivity contribution < 1.29 is 0 Å². The molecule has 0 saturated heterocycles. The standard InChI is InChI=1S/3C33H21N.15C2H6/c1-3-9-25-19(6-1)12-22-14-23-15-24-16-30-26-10-5-8-21-13-20-7-2-4-11-31(20)34(33(21)26)32(30)18-29(24)28(23)17-27(22)25;1-3-9-24-19(6-1)16-29-25(24)13-12-21-15-23-17-28-26-10-5-8-22-14-20-7-2-4-11-30(20)34(33(22)26)31(28)18-27(23)32(21)29;1-3-9-25-19(6-1)14-21-12-13-22-16-24-17-28-26-10-5-8-23-15-20-7-2-4-11-29(20)34(33(23)26)30(28)18-27(24)32(22)31(21)25;15*1-2/h1-11,14,16-18H,12-13,15H2;2*1-13,17-18H,14-16H2;15*1-2H3. The van der Waals surface area contributed by atoms with Gasteiger partial charge in [0.05, 0.1) is 33.1 Å². The van der Waals surface area contributed by atoms with Gasteiger partial charge in [0.15, 0.2) is 0 Å². The number of para-hydroxylation sites is 6. The number of fused-ring (bicyclic) bond motifs is 35. The van der Waals surface area contributed by atoms with Crippen LogP contribution in [0.15, 0.2) is 273 Å². The molecule has 3 aromatic heterocycles. The maximum absolute atomic E-state index is 2.54. The number of hydrogen-bond donors (Lipinski definition) is 0. The highest BCUT2D eigenvalue weighted by atomic mass is 15.0. The van der Waals surface area contributed by atoms with Crippen LogP contribution in [0.5, 0.6) is 0 Å². The van der Waals surface area contributed by atoms with Gasteiger partial charge in [-0.1, -0.05) is 420 Å². The lowest BCUT2D eigenvalue weighted by atomic mass is 9.93. The minimum Gasteiger partial charge on any atom is -0.309 e. The minimum absolute atomic E-state index is 1.01. The smallest absolute Gasteiger partial charge is 0.0576 e. The Kier molecular flexibility index (Phi) is 36.8. The minimum atomic E-state index is 1.01. The number of aromatic nitrogens is 3. The Balaban J connectivity index is 0.000000180. The predicted octanol–water partition coefficient (Wildman–Crippen LogP) is 38.9. The van der Waals surface area contributed by atoms with Gasteiger partial charge in [0.2, 0.25) is 0 Å². The molecule has 3 heteroatoms. The third-order valence-corrected chi connectivity index (χ3v) is 25.2. The molecule has 0 unspecified atom stereocenters. The van der Waals surface area contributed by atoms with E-state index in [1.54, 1.807) is 0 Å². The van der Waals surface area contributed by atoms with Crippen LogP contribution in [0.25, 0.3) is 149 Å². The zero-order valence-corrected chi connectivity index (χ0v) is 86.2. The van der Waals surface area contributed by atoms with Crippen LogP contribution in [-0.2, 0) is 57.8 Å². The molecule has 3 nitrogen and oxygen atoms in total. The first-order valence-electron chi connectivity index (χ1n) is 51.8. The molecule has 6 aliphatic carbocycles. The summed E-state index contributed by atoms with van der Waals surface area (Å²) < 4.78 is 7.60. The topological polar surface area (TPSA) is 14.8 Å². The zero-order valence-electron chi connectivity index (χ0n) is 86.2. The number of hydrogen-bond acceptors (Lipinski definition) is 0. The van der Waals surface area contributed by atoms with Crippen LogP contribution in [0.4, 0.5) is 0 Å². The molecule has 0 bridgehead atoms. The van der Waals surface area contributed by atoms with Gasteiger partial charge < -0.3 is 13.7 Å². The second-order valence-electron chi connectivity index (χ2n) is 30.4. The summed E-state index contributed by atoms with van der Waals surface area (Å²) in [7, 11) is 0. The van der Waals surface area contributed by atoms with Crippen molar-refractivity contribution in [1.29, 1.82) is 0 Å². The van der Waals surface area contributed by atoms with Gasteiger partial charge in [-0.15, -0.1) is 0 Å². The van der Waals surface area contributed by atoms with Crippen LogP contribution in [0.3, 0.4) is 0 Å². The van der Waals surface area contributed by atoms with E-state index in [0.29, 0.717) is 0 Å². The van der Waals surface area contributed by atoms with E-state index in [1.807, 2.05) is 208 Å². The molecule has 18 aromatic rings. The summed E-state index contributed by atoms with van der Waals surface area (Å²) in [6, 6.07) is 104. The molecular formula is C129H153N3. The second-order valence-corrected chi connectivity index (χ2v) is 30.4. The van der Waals surface area contributed by atoms with Gasteiger partial charge in [-0.25, -0.2) is 0 Å². The van der Waals surface area contributed by atoms with E-state index in [1.165, 1.54) is 249 Å². The number of benzene rings is 15. The van der Waals surface area contributed by atoms with Crippen LogP contribution in [0.1, 0.15) is 308 Å². The Morgan fingerprint density at radius 1 is 0.144 bits per heavy atom. The average Bonchev–Trinajstić information content (AvgIpc) is 1.55. The quantitative estimate of drug-likeness (QED) is 0.144. The van der Waals surface area contributed by atoms with Gasteiger partial charge in [-0.05, 0) is 266 Å². The van der Waals surface area contributed by atoms with Gasteiger partial charge in [-0.3, -0.25) is 0 Å². The lowest BCUT2D eigenvalue weighted by Gasteiger charge is -2.20. The van der Waals surface area contributed by atoms with Gasteiger partial charge in [0.1, 0.15) is 0 Å². The van der Waals surface area contributed by atoms with Crippen molar-refractivity contribution >= 4 is 65.4 Å². The SMILES string of the molecule is CC.CC.CC.CC.CC.CC.CC.CC.CC.CC.CC.CC.CC.CC.CC.c1ccc2c(c1)Cc1c-2ccc2c1-c1cc3c(cc1C2)c1cccc2c1n3-c1ccccc1C2.c1ccc2c(c1)Cc1cc3c(cc1-2)-c1cc2c(cc1C3)c1cccc3c1n2-c1ccccc1C3.c1ccc2c(c1)Cc1ccc3c(c1-2)-c1cc2c(cc1C3)c1cccc3c1n2-c1ccccc1C3. The molecule has 0 N–H and O–H groups in total. The van der Waals surface area contributed by atoms with E-state index in [-0.39, 0.29) is 0 Å². The number of rotatable bonds is 0. The maximum Gasteiger partial charge on any atom is 0.0576 e. The first-order valence-corrected chi connectivity index (χ1v) is 51.8. The summed E-state index contributed by atoms with van der Waals surface area (Å²) in [5.74, 6) is 0. The van der Waals surface area contributed by atoms with Crippen LogP contribution in [-0.4, -0.2) is 13.7 Å². The van der Waals surface area contributed by atoms with Gasteiger partial charge >= 0.3 is 0 Å². The Bertz CT molecular complexity index is 6960. The second kappa shape index (κ2) is 47.7. The molecule has 0 fully saturated rings. The van der Waals surface area contributed by atoms with E-state index in [0.717, 1.165) is 57.8 Å². The molecule has 0 radical (unpaired) electrons. The fourth-order valence-corrected chi connectivity index (χ4v) is 21.0. The monoisotopic (exact) mass is 1740 g/mol. The summed E-state index contributed by atoms with van der Waals surface area (Å²) >= 11 is 0. The van der Waals surface area contributed by atoms with Crippen molar-refractivity contribution in [3.8, 4) is 83.8 Å². The van der Waals surface area contributed by atoms with Crippen LogP contribution in [0, 0.1) is 0 Å². The van der Waals surface area contributed by atoms with E-state index in [2.05, 4.69) is 287 Å². The van der Waals surface area contributed by atoms with E-state index < -0.39 is 0 Å². The van der Waals surface area contributed by atoms with Crippen molar-refractivity contribution in [1.82, 2.24) is 13.7 Å². The normalized spacial score (nSPS) is 11.6. The summed E-state index contributed by atoms with van der Waals surface area (Å²) in [4.78, 5) is 0. The van der Waals surface area contributed by atoms with E-state index in [4.69, 9.17) is 0 Å². The van der Waals surface area contributed by atoms with Gasteiger partial charge in [-0.2, -0.15) is 0 Å². The van der Waals surface area contributed by atoms with Gasteiger partial charge in [0.25, 0.3) is 0 Å². The molecule has 684 valence electrons. The first kappa shape index (κ1) is 102. The highest BCUT2D eigenvalue weighted by molar-refractivity contribution is 6.16. The molecule has 132 heavy (non-hydrogen) atoms. The fourth-order valence-electron chi connectivity index (χ4n) is 21.0. The summed E-state index contributed by atoms with van der Waals surface area (Å²) in [6.45, 7) is 60.0. The average molecular weight is 1750 g/mol. The molecule has 6 heterocycles.